The van der Waals surface area contributed by atoms with E-state index in [2.05, 4.69) is 8.92 Å². The Kier molecular flexibility index (Phi) is 4.40. The molecule has 0 radical (unpaired) electrons. The van der Waals surface area contributed by atoms with Crippen molar-refractivity contribution < 1.29 is 35.3 Å². The summed E-state index contributed by atoms with van der Waals surface area (Å²) in [6.45, 7) is 1.73. The highest BCUT2D eigenvalue weighted by Gasteiger charge is 2.48. The lowest BCUT2D eigenvalue weighted by Crippen LogP contribution is -2.28. The van der Waals surface area contributed by atoms with E-state index in [0.29, 0.717) is 0 Å². The maximum Gasteiger partial charge on any atom is 0.534 e. The van der Waals surface area contributed by atoms with Gasteiger partial charge in [0.05, 0.1) is 12.2 Å². The van der Waals surface area contributed by atoms with Crippen molar-refractivity contribution in [3.63, 3.8) is 0 Å². The molecule has 19 heavy (non-hydrogen) atoms. The van der Waals surface area contributed by atoms with Gasteiger partial charge in [0.15, 0.2) is 0 Å². The third-order valence-corrected chi connectivity index (χ3v) is 2.83. The van der Waals surface area contributed by atoms with E-state index in [9.17, 15) is 26.4 Å². The van der Waals surface area contributed by atoms with Gasteiger partial charge in [-0.15, -0.1) is 0 Å². The molecule has 9 heteroatoms. The molecule has 0 bridgehead atoms. The summed E-state index contributed by atoms with van der Waals surface area (Å²) in [4.78, 5) is 11.2. The Balaban J connectivity index is 2.87. The Labute approximate surface area is 107 Å². The van der Waals surface area contributed by atoms with Crippen LogP contribution in [0.2, 0.25) is 0 Å². The zero-order valence-corrected chi connectivity index (χ0v) is 10.4. The molecule has 0 atom stereocenters. The fourth-order valence-electron chi connectivity index (χ4n) is 1.03. The van der Waals surface area contributed by atoms with E-state index >= 15 is 0 Å². The summed E-state index contributed by atoms with van der Waals surface area (Å²) in [5.41, 5.74) is -5.44. The van der Waals surface area contributed by atoms with Crippen LogP contribution >= 0.6 is 0 Å². The summed E-state index contributed by atoms with van der Waals surface area (Å²) in [7, 11) is -5.71. The predicted octanol–water partition coefficient (Wildman–Crippen LogP) is 2.09. The van der Waals surface area contributed by atoms with E-state index in [1.165, 1.54) is 0 Å². The molecule has 1 rings (SSSR count). The number of hydrogen-bond acceptors (Lipinski definition) is 5. The zero-order valence-electron chi connectivity index (χ0n) is 9.60. The molecule has 0 aliphatic carbocycles. The number of esters is 1. The first-order valence-electron chi connectivity index (χ1n) is 4.95. The molecule has 0 aliphatic heterocycles. The lowest BCUT2D eigenvalue weighted by molar-refractivity contribution is -0.0500. The molecular formula is C10H9F3O5S. The van der Waals surface area contributed by atoms with E-state index in [1.54, 1.807) is 6.92 Å². The van der Waals surface area contributed by atoms with Crippen molar-refractivity contribution in [3.05, 3.63) is 29.8 Å². The monoisotopic (exact) mass is 298 g/mol. The molecule has 0 spiro atoms. The highest BCUT2D eigenvalue weighted by atomic mass is 32.2. The number of rotatable bonds is 4. The van der Waals surface area contributed by atoms with Crippen LogP contribution in [0, 0.1) is 0 Å². The first-order chi connectivity index (χ1) is 8.67. The fourth-order valence-corrected chi connectivity index (χ4v) is 1.49. The lowest BCUT2D eigenvalue weighted by atomic mass is 10.2. The first-order valence-corrected chi connectivity index (χ1v) is 6.36. The summed E-state index contributed by atoms with van der Waals surface area (Å²) in [5.74, 6) is -1.22. The first kappa shape index (κ1) is 15.3. The van der Waals surface area contributed by atoms with Gasteiger partial charge in [-0.25, -0.2) is 4.79 Å². The molecule has 0 N–H and O–H groups in total. The number of alkyl halides is 3. The van der Waals surface area contributed by atoms with E-state index in [1.807, 2.05) is 0 Å². The number of benzene rings is 1. The van der Waals surface area contributed by atoms with Crippen molar-refractivity contribution >= 4 is 16.1 Å². The van der Waals surface area contributed by atoms with Gasteiger partial charge in [0.1, 0.15) is 5.75 Å². The second-order valence-electron chi connectivity index (χ2n) is 3.23. The lowest BCUT2D eigenvalue weighted by Gasteiger charge is -2.09. The Hall–Kier alpha value is -1.77. The number of carbonyl (C=O) groups is 1. The molecule has 0 unspecified atom stereocenters. The second-order valence-corrected chi connectivity index (χ2v) is 4.77. The molecule has 0 saturated heterocycles. The maximum absolute atomic E-state index is 12.0. The summed E-state index contributed by atoms with van der Waals surface area (Å²) in [6, 6.07) is 4.05. The summed E-state index contributed by atoms with van der Waals surface area (Å²) >= 11 is 0. The minimum atomic E-state index is -5.71. The van der Waals surface area contributed by atoms with Gasteiger partial charge >= 0.3 is 21.6 Å². The highest BCUT2D eigenvalue weighted by Crippen LogP contribution is 2.26. The summed E-state index contributed by atoms with van der Waals surface area (Å²) in [5, 5.41) is 0. The molecule has 0 saturated carbocycles. The van der Waals surface area contributed by atoms with Crippen LogP contribution in [-0.2, 0) is 14.9 Å². The van der Waals surface area contributed by atoms with Gasteiger partial charge in [0, 0.05) is 0 Å². The summed E-state index contributed by atoms with van der Waals surface area (Å²) in [6.07, 6.45) is 0. The minimum absolute atomic E-state index is 0.0682. The van der Waals surface area contributed by atoms with Crippen molar-refractivity contribution in [1.82, 2.24) is 0 Å². The molecule has 106 valence electrons. The molecule has 0 fully saturated rings. The van der Waals surface area contributed by atoms with Gasteiger partial charge in [-0.05, 0) is 31.2 Å². The van der Waals surface area contributed by atoms with E-state index in [0.717, 1.165) is 24.3 Å². The molecule has 1 aromatic rings. The molecule has 5 nitrogen and oxygen atoms in total. The standard InChI is InChI=1S/C10H9F3O5S/c1-2-17-9(14)7-3-5-8(6-4-7)18-19(15,16)10(11,12)13/h3-6H,2H2,1H3. The Morgan fingerprint density at radius 2 is 1.74 bits per heavy atom. The van der Waals surface area contributed by atoms with E-state index < -0.39 is 27.3 Å². The van der Waals surface area contributed by atoms with Gasteiger partial charge in [0.2, 0.25) is 0 Å². The average molecular weight is 298 g/mol. The van der Waals surface area contributed by atoms with Crippen molar-refractivity contribution in [3.8, 4) is 5.75 Å². The van der Waals surface area contributed by atoms with Crippen molar-refractivity contribution in [2.24, 2.45) is 0 Å². The SMILES string of the molecule is CCOC(=O)c1ccc(OS(=O)(=O)C(F)(F)F)cc1. The molecule has 0 aromatic heterocycles. The molecule has 0 amide bonds. The van der Waals surface area contributed by atoms with Crippen LogP contribution in [0.1, 0.15) is 17.3 Å². The Bertz CT molecular complexity index is 548. The predicted molar refractivity (Wildman–Crippen MR) is 58.0 cm³/mol. The quantitative estimate of drug-likeness (QED) is 0.483. The van der Waals surface area contributed by atoms with Gasteiger partial charge in [-0.3, -0.25) is 0 Å². The number of halogens is 3. The van der Waals surface area contributed by atoms with Crippen LogP contribution in [0.3, 0.4) is 0 Å². The van der Waals surface area contributed by atoms with Crippen LogP contribution in [0.15, 0.2) is 24.3 Å². The topological polar surface area (TPSA) is 69.7 Å². The van der Waals surface area contributed by atoms with Gasteiger partial charge < -0.3 is 8.92 Å². The normalized spacial score (nSPS) is 12.0. The van der Waals surface area contributed by atoms with Gasteiger partial charge in [0.25, 0.3) is 0 Å². The number of carbonyl (C=O) groups excluding carboxylic acids is 1. The summed E-state index contributed by atoms with van der Waals surface area (Å²) < 4.78 is 66.0. The third kappa shape index (κ3) is 3.85. The maximum atomic E-state index is 12.0. The van der Waals surface area contributed by atoms with Crippen LogP contribution in [-0.4, -0.2) is 26.5 Å². The van der Waals surface area contributed by atoms with Crippen molar-refractivity contribution in [2.45, 2.75) is 12.4 Å². The molecule has 1 aromatic carbocycles. The molecule has 0 aliphatic rings. The van der Waals surface area contributed by atoms with Crippen LogP contribution in [0.5, 0.6) is 5.75 Å². The zero-order chi connectivity index (χ0) is 14.7. The van der Waals surface area contributed by atoms with Gasteiger partial charge in [-0.2, -0.15) is 21.6 Å². The number of ether oxygens (including phenoxy) is 1. The van der Waals surface area contributed by atoms with E-state index in [-0.39, 0.29) is 12.2 Å². The van der Waals surface area contributed by atoms with Crippen molar-refractivity contribution in [1.29, 1.82) is 0 Å². The van der Waals surface area contributed by atoms with Crippen LogP contribution < -0.4 is 4.18 Å². The Morgan fingerprint density at radius 3 is 2.16 bits per heavy atom. The second kappa shape index (κ2) is 5.47. The fraction of sp³-hybridized carbons (Fsp3) is 0.300. The molecule has 0 heterocycles. The minimum Gasteiger partial charge on any atom is -0.462 e. The van der Waals surface area contributed by atoms with Crippen LogP contribution in [0.4, 0.5) is 13.2 Å². The number of hydrogen-bond donors (Lipinski definition) is 0. The van der Waals surface area contributed by atoms with Gasteiger partial charge in [-0.1, -0.05) is 0 Å². The Morgan fingerprint density at radius 1 is 1.21 bits per heavy atom. The third-order valence-electron chi connectivity index (χ3n) is 1.85. The van der Waals surface area contributed by atoms with Crippen molar-refractivity contribution in [2.75, 3.05) is 6.61 Å². The average Bonchev–Trinajstić information content (AvgIpc) is 2.28. The smallest absolute Gasteiger partial charge is 0.462 e. The van der Waals surface area contributed by atoms with E-state index in [4.69, 9.17) is 0 Å². The highest BCUT2D eigenvalue weighted by molar-refractivity contribution is 7.87. The largest absolute Gasteiger partial charge is 0.534 e. The van der Waals surface area contributed by atoms with Crippen LogP contribution in [0.25, 0.3) is 0 Å². The molecular weight excluding hydrogens is 289 g/mol.